The van der Waals surface area contributed by atoms with Gasteiger partial charge in [-0.2, -0.15) is 0 Å². The molecule has 1 aliphatic heterocycles. The topological polar surface area (TPSA) is 21.3 Å². The molecule has 2 aromatic rings. The zero-order valence-electron chi connectivity index (χ0n) is 12.7. The molecule has 1 heterocycles. The Morgan fingerprint density at radius 3 is 2.71 bits per heavy atom. The molecule has 0 bridgehead atoms. The number of fused-ring (bicyclic) bond motifs is 1. The number of hydrogen-bond donors (Lipinski definition) is 1. The van der Waals surface area contributed by atoms with Gasteiger partial charge >= 0.3 is 0 Å². The molecule has 1 atom stereocenters. The summed E-state index contributed by atoms with van der Waals surface area (Å²) in [6.45, 7) is 5.11. The molecule has 0 saturated heterocycles. The normalized spacial score (nSPS) is 14.7. The van der Waals surface area contributed by atoms with Crippen molar-refractivity contribution in [3.05, 3.63) is 62.6 Å². The Morgan fingerprint density at radius 2 is 1.95 bits per heavy atom. The molecule has 0 saturated carbocycles. The summed E-state index contributed by atoms with van der Waals surface area (Å²) in [6.07, 6.45) is 1.01. The van der Waals surface area contributed by atoms with Crippen molar-refractivity contribution in [1.29, 1.82) is 0 Å². The van der Waals surface area contributed by atoms with Gasteiger partial charge in [0, 0.05) is 10.9 Å². The van der Waals surface area contributed by atoms with Gasteiger partial charge in [-0.25, -0.2) is 0 Å². The standard InChI is InChI=1S/C18H20BrNO/c1-11-9-16(19)12(2)8-15(11)18(20-3)14-4-5-17-13(10-14)6-7-21-17/h4-5,8-10,18,20H,6-7H2,1-3H3. The lowest BCUT2D eigenvalue weighted by Gasteiger charge is -2.21. The summed E-state index contributed by atoms with van der Waals surface area (Å²) in [6, 6.07) is 11.2. The summed E-state index contributed by atoms with van der Waals surface area (Å²) >= 11 is 3.61. The second-order valence-corrected chi connectivity index (χ2v) is 6.50. The lowest BCUT2D eigenvalue weighted by molar-refractivity contribution is 0.357. The third-order valence-electron chi connectivity index (χ3n) is 4.19. The molecule has 1 N–H and O–H groups in total. The van der Waals surface area contributed by atoms with E-state index >= 15 is 0 Å². The third kappa shape index (κ3) is 2.72. The molecule has 3 heteroatoms. The maximum absolute atomic E-state index is 5.60. The first-order chi connectivity index (χ1) is 10.1. The minimum atomic E-state index is 0.211. The van der Waals surface area contributed by atoms with Gasteiger partial charge in [-0.05, 0) is 60.8 Å². The molecule has 0 fully saturated rings. The number of rotatable bonds is 3. The number of ether oxygens (including phenoxy) is 1. The van der Waals surface area contributed by atoms with Crippen LogP contribution in [0.3, 0.4) is 0 Å². The molecule has 110 valence electrons. The first-order valence-corrected chi connectivity index (χ1v) is 8.09. The lowest BCUT2D eigenvalue weighted by Crippen LogP contribution is -2.19. The fraction of sp³-hybridized carbons (Fsp3) is 0.333. The van der Waals surface area contributed by atoms with Crippen LogP contribution >= 0.6 is 15.9 Å². The van der Waals surface area contributed by atoms with E-state index in [2.05, 4.69) is 65.4 Å². The molecular weight excluding hydrogens is 326 g/mol. The van der Waals surface area contributed by atoms with E-state index in [4.69, 9.17) is 4.74 Å². The molecule has 2 aromatic carbocycles. The maximum atomic E-state index is 5.60. The Kier molecular flexibility index (Phi) is 4.05. The van der Waals surface area contributed by atoms with Crippen LogP contribution in [0.4, 0.5) is 0 Å². The highest BCUT2D eigenvalue weighted by molar-refractivity contribution is 9.10. The molecule has 0 spiro atoms. The fourth-order valence-corrected chi connectivity index (χ4v) is 3.46. The molecule has 0 amide bonds. The van der Waals surface area contributed by atoms with E-state index in [9.17, 15) is 0 Å². The summed E-state index contributed by atoms with van der Waals surface area (Å²) in [5.74, 6) is 1.04. The lowest BCUT2D eigenvalue weighted by atomic mass is 9.92. The molecule has 3 rings (SSSR count). The zero-order valence-corrected chi connectivity index (χ0v) is 14.3. The molecule has 0 aliphatic carbocycles. The number of nitrogens with one attached hydrogen (secondary N) is 1. The Balaban J connectivity index is 2.04. The van der Waals surface area contributed by atoms with E-state index in [1.54, 1.807) is 0 Å². The molecule has 21 heavy (non-hydrogen) atoms. The van der Waals surface area contributed by atoms with Crippen LogP contribution in [-0.2, 0) is 6.42 Å². The van der Waals surface area contributed by atoms with E-state index in [1.807, 2.05) is 7.05 Å². The zero-order chi connectivity index (χ0) is 15.0. The highest BCUT2D eigenvalue weighted by atomic mass is 79.9. The number of hydrogen-bond acceptors (Lipinski definition) is 2. The predicted molar refractivity (Wildman–Crippen MR) is 90.2 cm³/mol. The summed E-state index contributed by atoms with van der Waals surface area (Å²) in [4.78, 5) is 0. The van der Waals surface area contributed by atoms with Gasteiger partial charge in [-0.3, -0.25) is 0 Å². The van der Waals surface area contributed by atoms with Crippen molar-refractivity contribution in [3.8, 4) is 5.75 Å². The van der Waals surface area contributed by atoms with Gasteiger partial charge < -0.3 is 10.1 Å². The van der Waals surface area contributed by atoms with Crippen LogP contribution < -0.4 is 10.1 Å². The van der Waals surface area contributed by atoms with Gasteiger partial charge in [0.1, 0.15) is 5.75 Å². The summed E-state index contributed by atoms with van der Waals surface area (Å²) < 4.78 is 6.77. The Labute approximate surface area is 134 Å². The Morgan fingerprint density at radius 1 is 1.14 bits per heavy atom. The van der Waals surface area contributed by atoms with E-state index in [-0.39, 0.29) is 6.04 Å². The van der Waals surface area contributed by atoms with E-state index in [0.29, 0.717) is 0 Å². The van der Waals surface area contributed by atoms with E-state index < -0.39 is 0 Å². The minimum Gasteiger partial charge on any atom is -0.493 e. The molecule has 0 aromatic heterocycles. The van der Waals surface area contributed by atoms with Gasteiger partial charge in [0.15, 0.2) is 0 Å². The van der Waals surface area contributed by atoms with Crippen LogP contribution in [0.15, 0.2) is 34.8 Å². The van der Waals surface area contributed by atoms with Crippen LogP contribution in [0.1, 0.15) is 33.9 Å². The maximum Gasteiger partial charge on any atom is 0.122 e. The van der Waals surface area contributed by atoms with Gasteiger partial charge in [-0.15, -0.1) is 0 Å². The Hall–Kier alpha value is -1.32. The van der Waals surface area contributed by atoms with Crippen molar-refractivity contribution in [3.63, 3.8) is 0 Å². The largest absolute Gasteiger partial charge is 0.493 e. The highest BCUT2D eigenvalue weighted by Crippen LogP contribution is 2.33. The van der Waals surface area contributed by atoms with Crippen molar-refractivity contribution in [2.24, 2.45) is 0 Å². The van der Waals surface area contributed by atoms with Crippen molar-refractivity contribution in [2.75, 3.05) is 13.7 Å². The SMILES string of the molecule is CNC(c1ccc2c(c1)CCO2)c1cc(C)c(Br)cc1C. The fourth-order valence-electron chi connectivity index (χ4n) is 3.00. The van der Waals surface area contributed by atoms with Gasteiger partial charge in [-0.1, -0.05) is 34.1 Å². The van der Waals surface area contributed by atoms with Crippen molar-refractivity contribution >= 4 is 15.9 Å². The van der Waals surface area contributed by atoms with Crippen LogP contribution in [0.2, 0.25) is 0 Å². The monoisotopic (exact) mass is 345 g/mol. The number of halogens is 1. The van der Waals surface area contributed by atoms with E-state index in [1.165, 1.54) is 32.3 Å². The third-order valence-corrected chi connectivity index (χ3v) is 5.05. The highest BCUT2D eigenvalue weighted by Gasteiger charge is 2.19. The van der Waals surface area contributed by atoms with Gasteiger partial charge in [0.25, 0.3) is 0 Å². The Bertz CT molecular complexity index is 681. The average Bonchev–Trinajstić information content (AvgIpc) is 2.92. The van der Waals surface area contributed by atoms with E-state index in [0.717, 1.165) is 18.8 Å². The van der Waals surface area contributed by atoms with Gasteiger partial charge in [0.05, 0.1) is 12.6 Å². The minimum absolute atomic E-state index is 0.211. The van der Waals surface area contributed by atoms with Crippen molar-refractivity contribution < 1.29 is 4.74 Å². The molecule has 1 unspecified atom stereocenters. The summed E-state index contributed by atoms with van der Waals surface area (Å²) in [5, 5.41) is 3.46. The van der Waals surface area contributed by atoms with Crippen LogP contribution in [0.25, 0.3) is 0 Å². The molecule has 2 nitrogen and oxygen atoms in total. The van der Waals surface area contributed by atoms with Crippen molar-refractivity contribution in [1.82, 2.24) is 5.32 Å². The van der Waals surface area contributed by atoms with Crippen LogP contribution in [0, 0.1) is 13.8 Å². The first kappa shape index (κ1) is 14.6. The summed E-state index contributed by atoms with van der Waals surface area (Å²) in [5.41, 5.74) is 6.51. The molecular formula is C18H20BrNO. The van der Waals surface area contributed by atoms with Gasteiger partial charge in [0.2, 0.25) is 0 Å². The average molecular weight is 346 g/mol. The molecule has 1 aliphatic rings. The second-order valence-electron chi connectivity index (χ2n) is 5.65. The smallest absolute Gasteiger partial charge is 0.122 e. The first-order valence-electron chi connectivity index (χ1n) is 7.29. The number of benzene rings is 2. The quantitative estimate of drug-likeness (QED) is 0.894. The van der Waals surface area contributed by atoms with Crippen LogP contribution in [-0.4, -0.2) is 13.7 Å². The second kappa shape index (κ2) is 5.82. The summed E-state index contributed by atoms with van der Waals surface area (Å²) in [7, 11) is 2.02. The van der Waals surface area contributed by atoms with Crippen molar-refractivity contribution in [2.45, 2.75) is 26.3 Å². The number of aryl methyl sites for hydroxylation is 2. The predicted octanol–water partition coefficient (Wildman–Crippen LogP) is 4.31. The van der Waals surface area contributed by atoms with Crippen LogP contribution in [0.5, 0.6) is 5.75 Å². The molecule has 0 radical (unpaired) electrons.